The molecule has 0 aliphatic carbocycles. The fourth-order valence-corrected chi connectivity index (χ4v) is 4.40. The quantitative estimate of drug-likeness (QED) is 0.469. The average Bonchev–Trinajstić information content (AvgIpc) is 2.71. The molecule has 0 radical (unpaired) electrons. The van der Waals surface area contributed by atoms with Gasteiger partial charge in [0, 0.05) is 43.7 Å². The van der Waals surface area contributed by atoms with Crippen LogP contribution in [-0.2, 0) is 19.5 Å². The summed E-state index contributed by atoms with van der Waals surface area (Å²) in [7, 11) is 0.270. The van der Waals surface area contributed by atoms with E-state index in [1.807, 2.05) is 43.3 Å². The number of anilines is 1. The number of sulfonamides is 1. The lowest BCUT2D eigenvalue weighted by atomic mass is 10.1. The van der Waals surface area contributed by atoms with Crippen molar-refractivity contribution in [1.82, 2.24) is 4.72 Å². The van der Waals surface area contributed by atoms with E-state index in [0.29, 0.717) is 25.2 Å². The Morgan fingerprint density at radius 3 is 2.28 bits per heavy atom. The minimum Gasteiger partial charge on any atom is -0.379 e. The molecule has 162 valence electrons. The Balaban J connectivity index is 1.81. The smallest absolute Gasteiger partial charge is 0.241 e. The van der Waals surface area contributed by atoms with Crippen LogP contribution in [0.25, 0.3) is 10.8 Å². The molecule has 6 nitrogen and oxygen atoms in total. The SMILES string of the molecule is CCCCCCOCCOCCNS(=O)(=O)c1cccc2c(N(C)C)cccc12. The highest BCUT2D eigenvalue weighted by atomic mass is 32.2. The number of nitrogens with zero attached hydrogens (tertiary/aromatic N) is 1. The highest BCUT2D eigenvalue weighted by Crippen LogP contribution is 2.29. The number of ether oxygens (including phenoxy) is 2. The molecule has 0 aliphatic heterocycles. The molecule has 2 aromatic rings. The van der Waals surface area contributed by atoms with Gasteiger partial charge < -0.3 is 14.4 Å². The molecule has 0 saturated heterocycles. The Morgan fingerprint density at radius 1 is 0.862 bits per heavy atom. The number of fused-ring (bicyclic) bond motifs is 1. The summed E-state index contributed by atoms with van der Waals surface area (Å²) in [4.78, 5) is 2.26. The van der Waals surface area contributed by atoms with Gasteiger partial charge in [0.15, 0.2) is 0 Å². The average molecular weight is 423 g/mol. The molecule has 0 spiro atoms. The number of benzene rings is 2. The molecule has 0 saturated carbocycles. The van der Waals surface area contributed by atoms with Crippen LogP contribution in [0.1, 0.15) is 32.6 Å². The van der Waals surface area contributed by atoms with E-state index >= 15 is 0 Å². The maximum absolute atomic E-state index is 12.8. The van der Waals surface area contributed by atoms with Crippen LogP contribution in [0, 0.1) is 0 Å². The fourth-order valence-electron chi connectivity index (χ4n) is 3.17. The minimum absolute atomic E-state index is 0.225. The van der Waals surface area contributed by atoms with Crippen LogP contribution in [-0.4, -0.2) is 55.5 Å². The second-order valence-corrected chi connectivity index (χ2v) is 8.94. The number of unbranched alkanes of at least 4 members (excludes halogenated alkanes) is 3. The molecule has 29 heavy (non-hydrogen) atoms. The zero-order chi connectivity index (χ0) is 21.1. The highest BCUT2D eigenvalue weighted by Gasteiger charge is 2.17. The zero-order valence-electron chi connectivity index (χ0n) is 17.8. The summed E-state index contributed by atoms with van der Waals surface area (Å²) >= 11 is 0. The zero-order valence-corrected chi connectivity index (χ0v) is 18.6. The maximum Gasteiger partial charge on any atom is 0.241 e. The topological polar surface area (TPSA) is 67.9 Å². The first-order valence-corrected chi connectivity index (χ1v) is 11.8. The third-order valence-corrected chi connectivity index (χ3v) is 6.20. The van der Waals surface area contributed by atoms with Gasteiger partial charge in [-0.25, -0.2) is 13.1 Å². The van der Waals surface area contributed by atoms with Crippen LogP contribution < -0.4 is 9.62 Å². The molecule has 2 rings (SSSR count). The van der Waals surface area contributed by atoms with Gasteiger partial charge in [0.2, 0.25) is 10.0 Å². The minimum atomic E-state index is -3.62. The maximum atomic E-state index is 12.8. The molecule has 7 heteroatoms. The van der Waals surface area contributed by atoms with Crippen LogP contribution in [0.5, 0.6) is 0 Å². The Hall–Kier alpha value is -1.67. The number of hydrogen-bond donors (Lipinski definition) is 1. The molecule has 0 fully saturated rings. The van der Waals surface area contributed by atoms with E-state index in [1.54, 1.807) is 12.1 Å². The Labute approximate surface area is 175 Å². The van der Waals surface area contributed by atoms with E-state index < -0.39 is 10.0 Å². The first-order chi connectivity index (χ1) is 14.0. The summed E-state index contributed by atoms with van der Waals surface area (Å²) in [5, 5.41) is 1.62. The van der Waals surface area contributed by atoms with Crippen molar-refractivity contribution in [3.8, 4) is 0 Å². The number of rotatable bonds is 14. The highest BCUT2D eigenvalue weighted by molar-refractivity contribution is 7.89. The van der Waals surface area contributed by atoms with Crippen LogP contribution in [0.4, 0.5) is 5.69 Å². The number of nitrogens with one attached hydrogen (secondary N) is 1. The summed E-state index contributed by atoms with van der Waals surface area (Å²) < 4.78 is 39.2. The predicted octanol–water partition coefficient (Wildman–Crippen LogP) is 3.80. The second-order valence-electron chi connectivity index (χ2n) is 7.21. The lowest BCUT2D eigenvalue weighted by Crippen LogP contribution is -2.28. The lowest BCUT2D eigenvalue weighted by molar-refractivity contribution is 0.0485. The normalized spacial score (nSPS) is 11.8. The van der Waals surface area contributed by atoms with Crippen molar-refractivity contribution in [1.29, 1.82) is 0 Å². The van der Waals surface area contributed by atoms with Crippen LogP contribution in [0.15, 0.2) is 41.3 Å². The van der Waals surface area contributed by atoms with Gasteiger partial charge in [-0.15, -0.1) is 0 Å². The van der Waals surface area contributed by atoms with E-state index in [2.05, 4.69) is 11.6 Å². The van der Waals surface area contributed by atoms with Crippen molar-refractivity contribution >= 4 is 26.5 Å². The van der Waals surface area contributed by atoms with Crippen molar-refractivity contribution in [2.75, 3.05) is 52.0 Å². The van der Waals surface area contributed by atoms with Crippen LogP contribution >= 0.6 is 0 Å². The number of hydrogen-bond acceptors (Lipinski definition) is 5. The standard InChI is InChI=1S/C22H34N2O4S/c1-4-5-6-7-15-27-17-18-28-16-14-23-29(25,26)22-13-9-10-19-20(22)11-8-12-21(19)24(2)3/h8-13,23H,4-7,14-18H2,1-3H3. The molecule has 0 heterocycles. The van der Waals surface area contributed by atoms with Gasteiger partial charge in [0.25, 0.3) is 0 Å². The summed E-state index contributed by atoms with van der Waals surface area (Å²) in [6.07, 6.45) is 4.74. The Morgan fingerprint density at radius 2 is 1.55 bits per heavy atom. The van der Waals surface area contributed by atoms with Gasteiger partial charge in [0.1, 0.15) is 0 Å². The first kappa shape index (κ1) is 23.6. The van der Waals surface area contributed by atoms with Crippen molar-refractivity contribution in [3.63, 3.8) is 0 Å². The monoisotopic (exact) mass is 422 g/mol. The molecular formula is C22H34N2O4S. The van der Waals surface area contributed by atoms with Gasteiger partial charge in [-0.2, -0.15) is 0 Å². The third kappa shape index (κ3) is 7.26. The second kappa shape index (κ2) is 12.1. The van der Waals surface area contributed by atoms with Crippen LogP contribution in [0.2, 0.25) is 0 Å². The Bertz CT molecular complexity index is 853. The Kier molecular flexibility index (Phi) is 9.87. The summed E-state index contributed by atoms with van der Waals surface area (Å²) in [5.41, 5.74) is 0.984. The fraction of sp³-hybridized carbons (Fsp3) is 0.545. The van der Waals surface area contributed by atoms with Crippen molar-refractivity contribution in [2.45, 2.75) is 37.5 Å². The first-order valence-electron chi connectivity index (χ1n) is 10.3. The largest absolute Gasteiger partial charge is 0.379 e. The van der Waals surface area contributed by atoms with Crippen molar-refractivity contribution < 1.29 is 17.9 Å². The summed E-state index contributed by atoms with van der Waals surface area (Å²) in [6.45, 7) is 4.48. The van der Waals surface area contributed by atoms with E-state index in [-0.39, 0.29) is 11.4 Å². The molecule has 0 aliphatic rings. The molecule has 0 unspecified atom stereocenters. The lowest BCUT2D eigenvalue weighted by Gasteiger charge is -2.17. The molecule has 1 N–H and O–H groups in total. The third-order valence-electron chi connectivity index (χ3n) is 4.68. The van der Waals surface area contributed by atoms with Gasteiger partial charge >= 0.3 is 0 Å². The van der Waals surface area contributed by atoms with E-state index in [9.17, 15) is 8.42 Å². The van der Waals surface area contributed by atoms with Gasteiger partial charge in [-0.1, -0.05) is 50.5 Å². The summed E-state index contributed by atoms with van der Waals surface area (Å²) in [5.74, 6) is 0. The van der Waals surface area contributed by atoms with Crippen LogP contribution in [0.3, 0.4) is 0 Å². The molecule has 0 atom stereocenters. The van der Waals surface area contributed by atoms with E-state index in [4.69, 9.17) is 9.47 Å². The van der Waals surface area contributed by atoms with Crippen molar-refractivity contribution in [2.24, 2.45) is 0 Å². The molecule has 2 aromatic carbocycles. The van der Waals surface area contributed by atoms with E-state index in [0.717, 1.165) is 24.1 Å². The van der Waals surface area contributed by atoms with Crippen molar-refractivity contribution in [3.05, 3.63) is 36.4 Å². The van der Waals surface area contributed by atoms with Gasteiger partial charge in [-0.05, 0) is 18.6 Å². The summed E-state index contributed by atoms with van der Waals surface area (Å²) in [6, 6.07) is 11.0. The van der Waals surface area contributed by atoms with Gasteiger partial charge in [-0.3, -0.25) is 0 Å². The van der Waals surface area contributed by atoms with Gasteiger partial charge in [0.05, 0.1) is 24.7 Å². The predicted molar refractivity (Wildman–Crippen MR) is 119 cm³/mol. The molecule has 0 bridgehead atoms. The molecule has 0 amide bonds. The van der Waals surface area contributed by atoms with E-state index in [1.165, 1.54) is 19.3 Å². The molecule has 0 aromatic heterocycles. The molecular weight excluding hydrogens is 388 g/mol.